The van der Waals surface area contributed by atoms with Gasteiger partial charge in [0, 0.05) is 52.6 Å². The van der Waals surface area contributed by atoms with Gasteiger partial charge in [-0.2, -0.15) is 0 Å². The molecule has 0 unspecified atom stereocenters. The molecule has 0 saturated carbocycles. The molecule has 2 N–H and O–H groups in total. The molecule has 0 aliphatic heterocycles. The molecule has 0 atom stereocenters. The second-order valence-electron chi connectivity index (χ2n) is 6.52. The number of ether oxygens (including phenoxy) is 1. The van der Waals surface area contributed by atoms with Crippen LogP contribution in [0.25, 0.3) is 0 Å². The van der Waals surface area contributed by atoms with Crippen molar-refractivity contribution in [1.29, 1.82) is 0 Å². The van der Waals surface area contributed by atoms with Crippen molar-refractivity contribution in [3.63, 3.8) is 0 Å². The molecule has 1 aromatic heterocycles. The number of benzene rings is 1. The number of imidazole rings is 1. The predicted molar refractivity (Wildman–Crippen MR) is 117 cm³/mol. The lowest BCUT2D eigenvalue weighted by molar-refractivity contribution is 0.0268. The molecule has 0 fully saturated rings. The molecule has 6 nitrogen and oxygen atoms in total. The summed E-state index contributed by atoms with van der Waals surface area (Å²) in [6.45, 7) is 6.36. The van der Waals surface area contributed by atoms with Crippen LogP contribution in [0.1, 0.15) is 25.2 Å². The molecule has 2 rings (SSSR count). The minimum absolute atomic E-state index is 0. The molecule has 0 spiro atoms. The van der Waals surface area contributed by atoms with Crippen LogP contribution >= 0.6 is 24.0 Å². The van der Waals surface area contributed by atoms with Crippen LogP contribution < -0.4 is 10.6 Å². The fourth-order valence-corrected chi connectivity index (χ4v) is 2.37. The maximum absolute atomic E-state index is 5.41. The summed E-state index contributed by atoms with van der Waals surface area (Å²) in [7, 11) is 3.48. The molecule has 0 amide bonds. The third-order valence-electron chi connectivity index (χ3n) is 4.10. The van der Waals surface area contributed by atoms with Crippen LogP contribution in [0.3, 0.4) is 0 Å². The second kappa shape index (κ2) is 11.2. The first-order valence-electron chi connectivity index (χ1n) is 8.57. The summed E-state index contributed by atoms with van der Waals surface area (Å²) >= 11 is 0. The van der Waals surface area contributed by atoms with E-state index in [1.54, 1.807) is 14.2 Å². The number of rotatable bonds is 8. The highest BCUT2D eigenvalue weighted by Gasteiger charge is 2.16. The average Bonchev–Trinajstić information content (AvgIpc) is 3.06. The SMILES string of the molecule is CN=C(NCCc1nccn1Cc1ccccc1)NCC(C)(C)OC.I. The summed E-state index contributed by atoms with van der Waals surface area (Å²) in [6, 6.07) is 10.4. The van der Waals surface area contributed by atoms with Crippen LogP contribution in [0.4, 0.5) is 0 Å². The quantitative estimate of drug-likeness (QED) is 0.353. The third kappa shape index (κ3) is 7.33. The van der Waals surface area contributed by atoms with Gasteiger partial charge in [-0.05, 0) is 19.4 Å². The maximum Gasteiger partial charge on any atom is 0.191 e. The highest BCUT2D eigenvalue weighted by Crippen LogP contribution is 2.06. The van der Waals surface area contributed by atoms with E-state index in [4.69, 9.17) is 4.74 Å². The Morgan fingerprint density at radius 2 is 1.96 bits per heavy atom. The molecule has 0 bridgehead atoms. The zero-order valence-electron chi connectivity index (χ0n) is 16.0. The number of hydrogen-bond donors (Lipinski definition) is 2. The Bertz CT molecular complexity index is 670. The van der Waals surface area contributed by atoms with Crippen LogP contribution in [0, 0.1) is 0 Å². The van der Waals surface area contributed by atoms with Gasteiger partial charge in [0.2, 0.25) is 0 Å². The monoisotopic (exact) mass is 471 g/mol. The Balaban J connectivity index is 0.00000338. The molecule has 1 heterocycles. The Hall–Kier alpha value is -1.61. The van der Waals surface area contributed by atoms with Gasteiger partial charge in [-0.1, -0.05) is 30.3 Å². The lowest BCUT2D eigenvalue weighted by Gasteiger charge is -2.24. The van der Waals surface area contributed by atoms with E-state index in [-0.39, 0.29) is 29.6 Å². The molecule has 0 aliphatic carbocycles. The minimum atomic E-state index is -0.233. The van der Waals surface area contributed by atoms with Crippen LogP contribution in [0.15, 0.2) is 47.7 Å². The van der Waals surface area contributed by atoms with Gasteiger partial charge in [0.25, 0.3) is 0 Å². The van der Waals surface area contributed by atoms with Gasteiger partial charge >= 0.3 is 0 Å². The summed E-state index contributed by atoms with van der Waals surface area (Å²) in [5, 5.41) is 6.61. The smallest absolute Gasteiger partial charge is 0.191 e. The zero-order chi connectivity index (χ0) is 18.1. The molecule has 26 heavy (non-hydrogen) atoms. The first kappa shape index (κ1) is 22.4. The Kier molecular flexibility index (Phi) is 9.64. The molecule has 144 valence electrons. The molecule has 0 saturated heterocycles. The molecular weight excluding hydrogens is 441 g/mol. The number of aromatic nitrogens is 2. The predicted octanol–water partition coefficient (Wildman–Crippen LogP) is 2.68. The van der Waals surface area contributed by atoms with E-state index in [0.29, 0.717) is 6.54 Å². The number of nitrogens with one attached hydrogen (secondary N) is 2. The largest absolute Gasteiger partial charge is 0.377 e. The fraction of sp³-hybridized carbons (Fsp3) is 0.474. The first-order chi connectivity index (χ1) is 12.0. The summed E-state index contributed by atoms with van der Waals surface area (Å²) in [5.74, 6) is 1.83. The minimum Gasteiger partial charge on any atom is -0.377 e. The normalized spacial score (nSPS) is 11.8. The van der Waals surface area contributed by atoms with Crippen LogP contribution in [-0.4, -0.2) is 48.4 Å². The van der Waals surface area contributed by atoms with Gasteiger partial charge in [-0.25, -0.2) is 4.98 Å². The highest BCUT2D eigenvalue weighted by atomic mass is 127. The Morgan fingerprint density at radius 1 is 1.23 bits per heavy atom. The summed E-state index contributed by atoms with van der Waals surface area (Å²) in [6.07, 6.45) is 4.71. The molecular formula is C19H30IN5O. The van der Waals surface area contributed by atoms with E-state index in [2.05, 4.69) is 49.4 Å². The van der Waals surface area contributed by atoms with Gasteiger partial charge < -0.3 is 19.9 Å². The molecule has 2 aromatic rings. The van der Waals surface area contributed by atoms with E-state index < -0.39 is 0 Å². The van der Waals surface area contributed by atoms with Crippen LogP contribution in [0.2, 0.25) is 0 Å². The van der Waals surface area contributed by atoms with E-state index in [9.17, 15) is 0 Å². The maximum atomic E-state index is 5.41. The van der Waals surface area contributed by atoms with Gasteiger partial charge in [-0.3, -0.25) is 4.99 Å². The molecule has 0 radical (unpaired) electrons. The number of nitrogens with zero attached hydrogens (tertiary/aromatic N) is 3. The van der Waals surface area contributed by atoms with Crippen molar-refractivity contribution < 1.29 is 4.74 Å². The lowest BCUT2D eigenvalue weighted by atomic mass is 10.1. The second-order valence-corrected chi connectivity index (χ2v) is 6.52. The zero-order valence-corrected chi connectivity index (χ0v) is 18.4. The van der Waals surface area contributed by atoms with E-state index in [0.717, 1.165) is 31.3 Å². The Morgan fingerprint density at radius 3 is 2.62 bits per heavy atom. The highest BCUT2D eigenvalue weighted by molar-refractivity contribution is 14.0. The number of hydrogen-bond acceptors (Lipinski definition) is 3. The van der Waals surface area contributed by atoms with Gasteiger partial charge in [0.1, 0.15) is 5.82 Å². The fourth-order valence-electron chi connectivity index (χ4n) is 2.37. The van der Waals surface area contributed by atoms with Crippen LogP contribution in [-0.2, 0) is 17.7 Å². The number of guanidine groups is 1. The van der Waals surface area contributed by atoms with Gasteiger partial charge in [0.05, 0.1) is 5.60 Å². The molecule has 7 heteroatoms. The van der Waals surface area contributed by atoms with Crippen molar-refractivity contribution in [2.75, 3.05) is 27.2 Å². The third-order valence-corrected chi connectivity index (χ3v) is 4.10. The van der Waals surface area contributed by atoms with Crippen molar-refractivity contribution in [3.05, 3.63) is 54.1 Å². The Labute approximate surface area is 173 Å². The van der Waals surface area contributed by atoms with Crippen LogP contribution in [0.5, 0.6) is 0 Å². The molecule has 1 aromatic carbocycles. The van der Waals surface area contributed by atoms with Crippen molar-refractivity contribution in [2.45, 2.75) is 32.4 Å². The van der Waals surface area contributed by atoms with E-state index in [1.807, 2.05) is 32.3 Å². The number of aliphatic imine (C=N–C) groups is 1. The van der Waals surface area contributed by atoms with Crippen molar-refractivity contribution in [2.24, 2.45) is 4.99 Å². The van der Waals surface area contributed by atoms with Crippen molar-refractivity contribution in [3.8, 4) is 0 Å². The van der Waals surface area contributed by atoms with E-state index in [1.165, 1.54) is 5.56 Å². The topological polar surface area (TPSA) is 63.5 Å². The van der Waals surface area contributed by atoms with Gasteiger partial charge in [-0.15, -0.1) is 24.0 Å². The first-order valence-corrected chi connectivity index (χ1v) is 8.57. The summed E-state index contributed by atoms with van der Waals surface area (Å²) in [5.41, 5.74) is 1.04. The van der Waals surface area contributed by atoms with Crippen molar-refractivity contribution in [1.82, 2.24) is 20.2 Å². The lowest BCUT2D eigenvalue weighted by Crippen LogP contribution is -2.45. The van der Waals surface area contributed by atoms with E-state index >= 15 is 0 Å². The van der Waals surface area contributed by atoms with Gasteiger partial charge in [0.15, 0.2) is 5.96 Å². The summed E-state index contributed by atoms with van der Waals surface area (Å²) < 4.78 is 7.59. The number of methoxy groups -OCH3 is 1. The standard InChI is InChI=1S/C19H29N5O.HI/c1-19(2,25-4)15-23-18(20-3)22-11-10-17-21-12-13-24(17)14-16-8-6-5-7-9-16;/h5-9,12-13H,10-11,14-15H2,1-4H3,(H2,20,22,23);1H. The van der Waals surface area contributed by atoms with Crippen molar-refractivity contribution >= 4 is 29.9 Å². The molecule has 0 aliphatic rings. The average molecular weight is 471 g/mol. The number of halogens is 1. The summed E-state index contributed by atoms with van der Waals surface area (Å²) in [4.78, 5) is 8.72.